The van der Waals surface area contributed by atoms with Gasteiger partial charge in [0.1, 0.15) is 5.82 Å². The van der Waals surface area contributed by atoms with E-state index in [-0.39, 0.29) is 5.54 Å². The van der Waals surface area contributed by atoms with Crippen LogP contribution in [0.4, 0.5) is 5.82 Å². The Kier molecular flexibility index (Phi) is 2.05. The normalized spacial score (nSPS) is 27.0. The predicted octanol–water partition coefficient (Wildman–Crippen LogP) is 1.74. The van der Waals surface area contributed by atoms with Crippen molar-refractivity contribution in [2.45, 2.75) is 44.2 Å². The molecule has 0 saturated heterocycles. The molecule has 16 heavy (non-hydrogen) atoms. The Bertz CT molecular complexity index is 405. The third kappa shape index (κ3) is 1.22. The minimum absolute atomic E-state index is 0.273. The summed E-state index contributed by atoms with van der Waals surface area (Å²) >= 11 is 0. The van der Waals surface area contributed by atoms with Gasteiger partial charge in [-0.1, -0.05) is 13.3 Å². The lowest BCUT2D eigenvalue weighted by atomic mass is 10.0. The Morgan fingerprint density at radius 2 is 2.31 bits per heavy atom. The summed E-state index contributed by atoms with van der Waals surface area (Å²) in [6.45, 7) is 3.34. The van der Waals surface area contributed by atoms with Gasteiger partial charge in [0.2, 0.25) is 0 Å². The molecular weight excluding hydrogens is 200 g/mol. The molecule has 0 bridgehead atoms. The van der Waals surface area contributed by atoms with E-state index in [1.807, 2.05) is 0 Å². The maximum Gasteiger partial charge on any atom is 0.145 e. The second-order valence-electron chi connectivity index (χ2n) is 5.25. The first-order valence-electron chi connectivity index (χ1n) is 6.24. The summed E-state index contributed by atoms with van der Waals surface area (Å²) in [6.07, 6.45) is 4.90. The van der Waals surface area contributed by atoms with Crippen molar-refractivity contribution in [2.24, 2.45) is 0 Å². The van der Waals surface area contributed by atoms with Gasteiger partial charge in [0.25, 0.3) is 0 Å². The van der Waals surface area contributed by atoms with E-state index in [1.165, 1.54) is 31.4 Å². The van der Waals surface area contributed by atoms with Gasteiger partial charge in [-0.3, -0.25) is 9.58 Å². The van der Waals surface area contributed by atoms with Crippen LogP contribution in [-0.2, 0) is 5.54 Å². The van der Waals surface area contributed by atoms with E-state index in [0.717, 1.165) is 6.54 Å². The van der Waals surface area contributed by atoms with Gasteiger partial charge in [-0.15, -0.1) is 0 Å². The number of hydrogen-bond acceptors (Lipinski definition) is 3. The van der Waals surface area contributed by atoms with E-state index in [0.29, 0.717) is 11.9 Å². The maximum atomic E-state index is 5.86. The molecule has 88 valence electrons. The number of nitrogens with two attached hydrogens (primary N) is 1. The number of fused-ring (bicyclic) bond motifs is 2. The van der Waals surface area contributed by atoms with Gasteiger partial charge in [0, 0.05) is 12.6 Å². The largest absolute Gasteiger partial charge is 0.382 e. The number of hydrogen-bond donors (Lipinski definition) is 1. The molecule has 1 aliphatic heterocycles. The highest BCUT2D eigenvalue weighted by atomic mass is 15.4. The van der Waals surface area contributed by atoms with Crippen molar-refractivity contribution in [1.82, 2.24) is 14.7 Å². The maximum absolute atomic E-state index is 5.86. The summed E-state index contributed by atoms with van der Waals surface area (Å²) in [4.78, 5) is 2.50. The number of nitrogens with zero attached hydrogens (tertiary/aromatic N) is 3. The van der Waals surface area contributed by atoms with E-state index in [4.69, 9.17) is 5.73 Å². The fourth-order valence-electron chi connectivity index (χ4n) is 3.11. The zero-order chi connectivity index (χ0) is 11.3. The molecule has 2 aliphatic rings. The fourth-order valence-corrected chi connectivity index (χ4v) is 3.11. The molecule has 4 nitrogen and oxygen atoms in total. The van der Waals surface area contributed by atoms with Crippen molar-refractivity contribution < 1.29 is 0 Å². The molecule has 1 aromatic heterocycles. The SMILES string of the molecule is CCCC1CN(C)C2(CC2)c2cc(N)nn21. The lowest BCUT2D eigenvalue weighted by molar-refractivity contribution is 0.129. The van der Waals surface area contributed by atoms with Crippen molar-refractivity contribution >= 4 is 5.82 Å². The quantitative estimate of drug-likeness (QED) is 0.826. The van der Waals surface area contributed by atoms with E-state index in [2.05, 4.69) is 34.7 Å². The zero-order valence-electron chi connectivity index (χ0n) is 10.1. The van der Waals surface area contributed by atoms with E-state index in [1.54, 1.807) is 0 Å². The highest BCUT2D eigenvalue weighted by molar-refractivity contribution is 5.37. The Balaban J connectivity index is 2.04. The van der Waals surface area contributed by atoms with E-state index < -0.39 is 0 Å². The van der Waals surface area contributed by atoms with E-state index >= 15 is 0 Å². The van der Waals surface area contributed by atoms with Gasteiger partial charge >= 0.3 is 0 Å². The average molecular weight is 220 g/mol. The van der Waals surface area contributed by atoms with Crippen LogP contribution in [0.1, 0.15) is 44.3 Å². The molecule has 3 rings (SSSR count). The first-order chi connectivity index (χ1) is 7.67. The van der Waals surface area contributed by atoms with Crippen molar-refractivity contribution in [3.63, 3.8) is 0 Å². The summed E-state index contributed by atoms with van der Waals surface area (Å²) < 4.78 is 2.20. The number of nitrogen functional groups attached to an aromatic ring is 1. The van der Waals surface area contributed by atoms with Crippen LogP contribution in [0.5, 0.6) is 0 Å². The molecule has 2 heterocycles. The zero-order valence-corrected chi connectivity index (χ0v) is 10.1. The Labute approximate surface area is 96.4 Å². The summed E-state index contributed by atoms with van der Waals surface area (Å²) in [5.74, 6) is 0.678. The molecule has 1 atom stereocenters. The lowest BCUT2D eigenvalue weighted by Crippen LogP contribution is -2.43. The molecule has 2 N–H and O–H groups in total. The van der Waals surface area contributed by atoms with Crippen LogP contribution in [0, 0.1) is 0 Å². The van der Waals surface area contributed by atoms with Crippen LogP contribution in [-0.4, -0.2) is 28.3 Å². The summed E-state index contributed by atoms with van der Waals surface area (Å²) in [6, 6.07) is 2.58. The second-order valence-corrected chi connectivity index (χ2v) is 5.25. The predicted molar refractivity (Wildman–Crippen MR) is 64.1 cm³/mol. The molecule has 1 spiro atoms. The molecule has 0 aromatic carbocycles. The number of rotatable bonds is 2. The van der Waals surface area contributed by atoms with Gasteiger partial charge in [-0.2, -0.15) is 5.10 Å². The third-order valence-corrected chi connectivity index (χ3v) is 4.14. The molecule has 1 unspecified atom stereocenters. The van der Waals surface area contributed by atoms with Crippen molar-refractivity contribution in [3.8, 4) is 0 Å². The molecule has 0 radical (unpaired) electrons. The van der Waals surface area contributed by atoms with Crippen LogP contribution < -0.4 is 5.73 Å². The highest BCUT2D eigenvalue weighted by Crippen LogP contribution is 2.53. The van der Waals surface area contributed by atoms with Gasteiger partial charge in [0.05, 0.1) is 17.3 Å². The lowest BCUT2D eigenvalue weighted by Gasteiger charge is -2.38. The molecular formula is C12H20N4. The van der Waals surface area contributed by atoms with Crippen LogP contribution in [0.3, 0.4) is 0 Å². The topological polar surface area (TPSA) is 47.1 Å². The van der Waals surface area contributed by atoms with Gasteiger partial charge in [-0.25, -0.2) is 0 Å². The molecule has 1 fully saturated rings. The van der Waals surface area contributed by atoms with Crippen LogP contribution in [0.25, 0.3) is 0 Å². The minimum Gasteiger partial charge on any atom is -0.382 e. The Morgan fingerprint density at radius 3 is 2.94 bits per heavy atom. The van der Waals surface area contributed by atoms with Crippen LogP contribution >= 0.6 is 0 Å². The first kappa shape index (κ1) is 10.1. The highest BCUT2D eigenvalue weighted by Gasteiger charge is 2.53. The molecule has 1 aliphatic carbocycles. The monoisotopic (exact) mass is 220 g/mol. The van der Waals surface area contributed by atoms with E-state index in [9.17, 15) is 0 Å². The Morgan fingerprint density at radius 1 is 1.56 bits per heavy atom. The van der Waals surface area contributed by atoms with Crippen molar-refractivity contribution in [3.05, 3.63) is 11.8 Å². The number of aromatic nitrogens is 2. The molecule has 4 heteroatoms. The average Bonchev–Trinajstić information content (AvgIpc) is 2.94. The number of likely N-dealkylation sites (N-methyl/N-ethyl adjacent to an activating group) is 1. The van der Waals surface area contributed by atoms with Gasteiger partial charge in [0.15, 0.2) is 0 Å². The van der Waals surface area contributed by atoms with Crippen molar-refractivity contribution in [2.75, 3.05) is 19.3 Å². The van der Waals surface area contributed by atoms with Crippen molar-refractivity contribution in [1.29, 1.82) is 0 Å². The smallest absolute Gasteiger partial charge is 0.145 e. The third-order valence-electron chi connectivity index (χ3n) is 4.14. The summed E-state index contributed by atoms with van der Waals surface area (Å²) in [5, 5.41) is 4.49. The van der Waals surface area contributed by atoms with Gasteiger partial charge < -0.3 is 5.73 Å². The Hall–Kier alpha value is -1.03. The standard InChI is InChI=1S/C12H20N4/c1-3-4-9-8-15(2)12(5-6-12)10-7-11(13)14-16(9)10/h7,9H,3-6,8H2,1-2H3,(H2,13,14). The molecule has 1 saturated carbocycles. The second kappa shape index (κ2) is 3.23. The molecule has 1 aromatic rings. The van der Waals surface area contributed by atoms with Crippen LogP contribution in [0.15, 0.2) is 6.07 Å². The van der Waals surface area contributed by atoms with Crippen LogP contribution in [0.2, 0.25) is 0 Å². The summed E-state index contributed by atoms with van der Waals surface area (Å²) in [7, 11) is 2.24. The minimum atomic E-state index is 0.273. The fraction of sp³-hybridized carbons (Fsp3) is 0.750. The number of anilines is 1. The van der Waals surface area contributed by atoms with Gasteiger partial charge in [-0.05, 0) is 26.3 Å². The molecule has 0 amide bonds. The summed E-state index contributed by atoms with van der Waals surface area (Å²) in [5.41, 5.74) is 7.48. The first-order valence-corrected chi connectivity index (χ1v) is 6.24.